The lowest BCUT2D eigenvalue weighted by molar-refractivity contribution is 0.0812. The second kappa shape index (κ2) is 3.06. The maximum atomic E-state index is 11.7. The predicted molar refractivity (Wildman–Crippen MR) is 56.1 cm³/mol. The smallest absolute Gasteiger partial charge is 0.252 e. The Kier molecular flexibility index (Phi) is 1.71. The molecule has 0 fully saturated rings. The number of rotatable bonds is 0. The lowest BCUT2D eigenvalue weighted by Gasteiger charge is -2.14. The van der Waals surface area contributed by atoms with Gasteiger partial charge in [0.1, 0.15) is 5.69 Å². The molecule has 4 nitrogen and oxygen atoms in total. The number of Topliss-reactive ketones (excluding diaryl/α,β-unsaturated/α-hetero) is 2. The van der Waals surface area contributed by atoms with Crippen molar-refractivity contribution in [2.24, 2.45) is 0 Å². The van der Waals surface area contributed by atoms with Gasteiger partial charge < -0.3 is 0 Å². The fourth-order valence-corrected chi connectivity index (χ4v) is 1.81. The molecule has 0 saturated heterocycles. The van der Waals surface area contributed by atoms with Gasteiger partial charge in [-0.15, -0.1) is 0 Å². The number of carbonyl (C=O) groups excluding carboxylic acids is 2. The van der Waals surface area contributed by atoms with Gasteiger partial charge in [0.2, 0.25) is 5.78 Å². The van der Waals surface area contributed by atoms with Crippen molar-refractivity contribution >= 4 is 11.6 Å². The van der Waals surface area contributed by atoms with Gasteiger partial charge in [-0.2, -0.15) is 0 Å². The summed E-state index contributed by atoms with van der Waals surface area (Å²) in [4.78, 5) is 31.6. The van der Waals surface area contributed by atoms with E-state index in [-0.39, 0.29) is 5.69 Å². The summed E-state index contributed by atoms with van der Waals surface area (Å²) in [6, 6.07) is 6.72. The summed E-state index contributed by atoms with van der Waals surface area (Å²) in [6.45, 7) is 0. The van der Waals surface area contributed by atoms with Gasteiger partial charge in [-0.3, -0.25) is 19.6 Å². The van der Waals surface area contributed by atoms with Crippen LogP contribution in [0.1, 0.15) is 20.8 Å². The number of pyridine rings is 2. The molecule has 0 saturated carbocycles. The molecule has 1 aliphatic rings. The van der Waals surface area contributed by atoms with E-state index in [0.29, 0.717) is 16.8 Å². The number of carbonyl (C=O) groups is 2. The van der Waals surface area contributed by atoms with Crippen LogP contribution in [0.5, 0.6) is 0 Å². The van der Waals surface area contributed by atoms with E-state index in [1.807, 2.05) is 0 Å². The SMILES string of the molecule is O=C1C(=O)c2ncccc2-c2ncccc21. The summed E-state index contributed by atoms with van der Waals surface area (Å²) in [7, 11) is 0. The van der Waals surface area contributed by atoms with E-state index in [1.54, 1.807) is 30.5 Å². The molecule has 0 bridgehead atoms. The van der Waals surface area contributed by atoms with E-state index in [2.05, 4.69) is 9.97 Å². The van der Waals surface area contributed by atoms with Crippen LogP contribution in [0, 0.1) is 0 Å². The zero-order valence-electron chi connectivity index (χ0n) is 8.18. The summed E-state index contributed by atoms with van der Waals surface area (Å²) < 4.78 is 0. The van der Waals surface area contributed by atoms with E-state index in [1.165, 1.54) is 6.20 Å². The van der Waals surface area contributed by atoms with Crippen molar-refractivity contribution in [3.63, 3.8) is 0 Å². The average molecular weight is 210 g/mol. The minimum absolute atomic E-state index is 0.193. The molecular weight excluding hydrogens is 204 g/mol. The molecule has 0 unspecified atom stereocenters. The van der Waals surface area contributed by atoms with Gasteiger partial charge in [-0.25, -0.2) is 0 Å². The van der Waals surface area contributed by atoms with Crippen molar-refractivity contribution in [2.45, 2.75) is 0 Å². The highest BCUT2D eigenvalue weighted by Crippen LogP contribution is 2.29. The van der Waals surface area contributed by atoms with Crippen LogP contribution in [0.25, 0.3) is 11.3 Å². The Labute approximate surface area is 91.0 Å². The molecule has 2 heterocycles. The molecule has 76 valence electrons. The number of ketones is 2. The summed E-state index contributed by atoms with van der Waals surface area (Å²) >= 11 is 0. The van der Waals surface area contributed by atoms with Crippen molar-refractivity contribution in [3.05, 3.63) is 47.9 Å². The maximum Gasteiger partial charge on any atom is 0.252 e. The monoisotopic (exact) mass is 210 g/mol. The van der Waals surface area contributed by atoms with E-state index < -0.39 is 11.6 Å². The highest BCUT2D eigenvalue weighted by molar-refractivity contribution is 6.52. The van der Waals surface area contributed by atoms with Crippen LogP contribution >= 0.6 is 0 Å². The van der Waals surface area contributed by atoms with Gasteiger partial charge in [0.05, 0.1) is 11.3 Å². The Morgan fingerprint density at radius 3 is 2.12 bits per heavy atom. The third kappa shape index (κ3) is 1.04. The lowest BCUT2D eigenvalue weighted by atomic mass is 9.91. The molecule has 0 atom stereocenters. The first-order valence-corrected chi connectivity index (χ1v) is 4.78. The number of nitrogens with zero attached hydrogens (tertiary/aromatic N) is 2. The third-order valence-electron chi connectivity index (χ3n) is 2.54. The number of fused-ring (bicyclic) bond motifs is 3. The molecule has 3 rings (SSSR count). The van der Waals surface area contributed by atoms with Crippen LogP contribution in [0.2, 0.25) is 0 Å². The van der Waals surface area contributed by atoms with Crippen LogP contribution < -0.4 is 0 Å². The summed E-state index contributed by atoms with van der Waals surface area (Å²) in [5.41, 5.74) is 1.71. The van der Waals surface area contributed by atoms with Crippen molar-refractivity contribution in [1.29, 1.82) is 0 Å². The minimum atomic E-state index is -0.559. The molecular formula is C12H6N2O2. The predicted octanol–water partition coefficient (Wildman–Crippen LogP) is 1.52. The van der Waals surface area contributed by atoms with E-state index in [0.717, 1.165) is 0 Å². The molecule has 0 radical (unpaired) electrons. The summed E-state index contributed by atoms with van der Waals surface area (Å²) in [5, 5.41) is 0. The molecule has 0 amide bonds. The van der Waals surface area contributed by atoms with E-state index in [4.69, 9.17) is 0 Å². The fourth-order valence-electron chi connectivity index (χ4n) is 1.81. The molecule has 2 aromatic heterocycles. The first-order chi connectivity index (χ1) is 7.79. The van der Waals surface area contributed by atoms with Crippen LogP contribution in [0.4, 0.5) is 0 Å². The Balaban J connectivity index is 2.41. The summed E-state index contributed by atoms with van der Waals surface area (Å²) in [5.74, 6) is -1.09. The maximum absolute atomic E-state index is 11.7. The van der Waals surface area contributed by atoms with Crippen LogP contribution in [0.15, 0.2) is 36.7 Å². The Morgan fingerprint density at radius 1 is 0.750 bits per heavy atom. The average Bonchev–Trinajstić information content (AvgIpc) is 2.36. The van der Waals surface area contributed by atoms with Gasteiger partial charge >= 0.3 is 0 Å². The van der Waals surface area contributed by atoms with Crippen molar-refractivity contribution in [3.8, 4) is 11.3 Å². The highest BCUT2D eigenvalue weighted by Gasteiger charge is 2.31. The molecule has 0 aliphatic heterocycles. The molecule has 0 N–H and O–H groups in total. The van der Waals surface area contributed by atoms with Crippen LogP contribution in [0.3, 0.4) is 0 Å². The van der Waals surface area contributed by atoms with Gasteiger partial charge in [0, 0.05) is 18.0 Å². The first-order valence-electron chi connectivity index (χ1n) is 4.78. The standard InChI is InChI=1S/C12H6N2O2/c15-11-8-4-2-5-13-9(8)7-3-1-6-14-10(7)12(11)16/h1-6H. The minimum Gasteiger partial charge on any atom is -0.285 e. The molecule has 4 heteroatoms. The largest absolute Gasteiger partial charge is 0.285 e. The highest BCUT2D eigenvalue weighted by atomic mass is 16.2. The molecule has 1 aliphatic carbocycles. The van der Waals surface area contributed by atoms with Crippen molar-refractivity contribution < 1.29 is 9.59 Å². The molecule has 2 aromatic rings. The quantitative estimate of drug-likeness (QED) is 0.618. The topological polar surface area (TPSA) is 59.9 Å². The Hall–Kier alpha value is -2.36. The lowest BCUT2D eigenvalue weighted by Crippen LogP contribution is -2.22. The van der Waals surface area contributed by atoms with Gasteiger partial charge in [-0.1, -0.05) is 0 Å². The number of hydrogen-bond acceptors (Lipinski definition) is 4. The van der Waals surface area contributed by atoms with E-state index >= 15 is 0 Å². The number of aromatic nitrogens is 2. The molecule has 16 heavy (non-hydrogen) atoms. The van der Waals surface area contributed by atoms with Gasteiger partial charge in [0.25, 0.3) is 5.78 Å². The Bertz CT molecular complexity index is 564. The molecule has 0 aromatic carbocycles. The third-order valence-corrected chi connectivity index (χ3v) is 2.54. The molecule has 0 spiro atoms. The zero-order valence-corrected chi connectivity index (χ0v) is 8.18. The summed E-state index contributed by atoms with van der Waals surface area (Å²) in [6.07, 6.45) is 3.09. The van der Waals surface area contributed by atoms with Crippen molar-refractivity contribution in [1.82, 2.24) is 9.97 Å². The van der Waals surface area contributed by atoms with Gasteiger partial charge in [-0.05, 0) is 24.3 Å². The normalized spacial score (nSPS) is 13.2. The van der Waals surface area contributed by atoms with Gasteiger partial charge in [0.15, 0.2) is 0 Å². The Morgan fingerprint density at radius 2 is 1.38 bits per heavy atom. The zero-order chi connectivity index (χ0) is 11.1. The van der Waals surface area contributed by atoms with Crippen LogP contribution in [-0.4, -0.2) is 21.5 Å². The fraction of sp³-hybridized carbons (Fsp3) is 0. The van der Waals surface area contributed by atoms with Crippen molar-refractivity contribution in [2.75, 3.05) is 0 Å². The van der Waals surface area contributed by atoms with E-state index in [9.17, 15) is 9.59 Å². The second-order valence-corrected chi connectivity index (χ2v) is 3.46. The first kappa shape index (κ1) is 8.91. The second-order valence-electron chi connectivity index (χ2n) is 3.46. The number of hydrogen-bond donors (Lipinski definition) is 0. The van der Waals surface area contributed by atoms with Crippen LogP contribution in [-0.2, 0) is 0 Å².